The van der Waals surface area contributed by atoms with E-state index < -0.39 is 0 Å². The summed E-state index contributed by atoms with van der Waals surface area (Å²) in [5.74, 6) is 0.759. The van der Waals surface area contributed by atoms with Crippen LogP contribution in [0.4, 0.5) is 0 Å². The quantitative estimate of drug-likeness (QED) is 0.628. The molecule has 1 saturated carbocycles. The highest BCUT2D eigenvalue weighted by Crippen LogP contribution is 2.51. The lowest BCUT2D eigenvalue weighted by Crippen LogP contribution is -2.15. The highest BCUT2D eigenvalue weighted by Gasteiger charge is 2.46. The number of hydrogen-bond acceptors (Lipinski definition) is 2. The molecule has 0 aromatic heterocycles. The van der Waals surface area contributed by atoms with Crippen molar-refractivity contribution in [2.75, 3.05) is 6.61 Å². The van der Waals surface area contributed by atoms with Gasteiger partial charge in [-0.05, 0) is 26.7 Å². The third-order valence-electron chi connectivity index (χ3n) is 2.13. The van der Waals surface area contributed by atoms with E-state index in [1.807, 2.05) is 13.8 Å². The topological polar surface area (TPSA) is 29.5 Å². The van der Waals surface area contributed by atoms with Gasteiger partial charge in [-0.25, -0.2) is 0 Å². The van der Waals surface area contributed by atoms with Crippen LogP contribution in [0.1, 0.15) is 26.7 Å². The molecule has 1 N–H and O–H groups in total. The van der Waals surface area contributed by atoms with Crippen LogP contribution < -0.4 is 0 Å². The van der Waals surface area contributed by atoms with Crippen LogP contribution in [-0.4, -0.2) is 17.8 Å². The normalized spacial score (nSPS) is 20.0. The SMILES string of the molecule is C=C(OC(C)C)C1(CO)CC1. The highest BCUT2D eigenvalue weighted by molar-refractivity contribution is 5.13. The summed E-state index contributed by atoms with van der Waals surface area (Å²) in [5.41, 5.74) is -0.0791. The maximum absolute atomic E-state index is 9.00. The van der Waals surface area contributed by atoms with E-state index in [0.29, 0.717) is 0 Å². The average Bonchev–Trinajstić information content (AvgIpc) is 2.65. The van der Waals surface area contributed by atoms with Gasteiger partial charge in [0, 0.05) is 0 Å². The van der Waals surface area contributed by atoms with Crippen molar-refractivity contribution in [1.29, 1.82) is 0 Å². The predicted octanol–water partition coefficient (Wildman–Crippen LogP) is 1.70. The van der Waals surface area contributed by atoms with Gasteiger partial charge < -0.3 is 9.84 Å². The summed E-state index contributed by atoms with van der Waals surface area (Å²) in [5, 5.41) is 9.00. The molecule has 0 radical (unpaired) electrons. The fourth-order valence-electron chi connectivity index (χ4n) is 1.09. The Hall–Kier alpha value is -0.500. The summed E-state index contributed by atoms with van der Waals surface area (Å²) < 4.78 is 5.41. The summed E-state index contributed by atoms with van der Waals surface area (Å²) in [7, 11) is 0. The van der Waals surface area contributed by atoms with Gasteiger partial charge in [-0.2, -0.15) is 0 Å². The minimum Gasteiger partial charge on any atom is -0.495 e. The van der Waals surface area contributed by atoms with E-state index in [1.165, 1.54) is 0 Å². The maximum atomic E-state index is 9.00. The lowest BCUT2D eigenvalue weighted by Gasteiger charge is -2.18. The second-order valence-corrected chi connectivity index (χ2v) is 3.53. The molecule has 1 aliphatic rings. The molecule has 1 rings (SSSR count). The number of aliphatic hydroxyl groups excluding tert-OH is 1. The van der Waals surface area contributed by atoms with Gasteiger partial charge >= 0.3 is 0 Å². The summed E-state index contributed by atoms with van der Waals surface area (Å²) in [6.07, 6.45) is 2.22. The largest absolute Gasteiger partial charge is 0.495 e. The zero-order valence-electron chi connectivity index (χ0n) is 7.26. The molecule has 0 saturated heterocycles. The fraction of sp³-hybridized carbons (Fsp3) is 0.778. The van der Waals surface area contributed by atoms with Gasteiger partial charge in [0.15, 0.2) is 0 Å². The van der Waals surface area contributed by atoms with Crippen LogP contribution in [0.5, 0.6) is 0 Å². The summed E-state index contributed by atoms with van der Waals surface area (Å²) in [6, 6.07) is 0. The van der Waals surface area contributed by atoms with Crippen molar-refractivity contribution in [1.82, 2.24) is 0 Å². The van der Waals surface area contributed by atoms with Gasteiger partial charge in [0.2, 0.25) is 0 Å². The van der Waals surface area contributed by atoms with Crippen LogP contribution in [0, 0.1) is 5.41 Å². The lowest BCUT2D eigenvalue weighted by atomic mass is 10.1. The Bertz CT molecular complexity index is 157. The summed E-state index contributed by atoms with van der Waals surface area (Å²) >= 11 is 0. The first-order chi connectivity index (χ1) is 5.10. The minimum atomic E-state index is -0.0791. The molecular weight excluding hydrogens is 140 g/mol. The van der Waals surface area contributed by atoms with Crippen LogP contribution in [-0.2, 0) is 4.74 Å². The average molecular weight is 156 g/mol. The van der Waals surface area contributed by atoms with E-state index in [2.05, 4.69) is 6.58 Å². The molecule has 0 heterocycles. The van der Waals surface area contributed by atoms with E-state index in [0.717, 1.165) is 18.6 Å². The Morgan fingerprint density at radius 2 is 2.18 bits per heavy atom. The van der Waals surface area contributed by atoms with Gasteiger partial charge in [0.25, 0.3) is 0 Å². The zero-order valence-corrected chi connectivity index (χ0v) is 7.26. The number of hydrogen-bond donors (Lipinski definition) is 1. The highest BCUT2D eigenvalue weighted by atomic mass is 16.5. The Morgan fingerprint density at radius 3 is 2.45 bits per heavy atom. The van der Waals surface area contributed by atoms with Gasteiger partial charge in [-0.3, -0.25) is 0 Å². The molecule has 0 spiro atoms. The molecule has 11 heavy (non-hydrogen) atoms. The third-order valence-corrected chi connectivity index (χ3v) is 2.13. The van der Waals surface area contributed by atoms with E-state index >= 15 is 0 Å². The molecule has 0 amide bonds. The van der Waals surface area contributed by atoms with Gasteiger partial charge in [0.05, 0.1) is 23.9 Å². The lowest BCUT2D eigenvalue weighted by molar-refractivity contribution is 0.0918. The third kappa shape index (κ3) is 1.74. The van der Waals surface area contributed by atoms with Gasteiger partial charge in [0.1, 0.15) is 0 Å². The smallest absolute Gasteiger partial charge is 0.0976 e. The monoisotopic (exact) mass is 156 g/mol. The van der Waals surface area contributed by atoms with Crippen molar-refractivity contribution in [2.24, 2.45) is 5.41 Å². The molecule has 0 unspecified atom stereocenters. The molecule has 0 atom stereocenters. The van der Waals surface area contributed by atoms with Crippen LogP contribution in [0.3, 0.4) is 0 Å². The summed E-state index contributed by atoms with van der Waals surface area (Å²) in [4.78, 5) is 0. The van der Waals surface area contributed by atoms with Crippen LogP contribution in [0.2, 0.25) is 0 Å². The first-order valence-corrected chi connectivity index (χ1v) is 4.07. The first kappa shape index (κ1) is 8.60. The van der Waals surface area contributed by atoms with E-state index in [9.17, 15) is 0 Å². The van der Waals surface area contributed by atoms with Crippen molar-refractivity contribution in [2.45, 2.75) is 32.8 Å². The maximum Gasteiger partial charge on any atom is 0.0976 e. The minimum absolute atomic E-state index is 0.0791. The molecule has 2 nitrogen and oxygen atoms in total. The molecule has 0 aliphatic heterocycles. The molecule has 1 fully saturated rings. The van der Waals surface area contributed by atoms with E-state index in [1.54, 1.807) is 0 Å². The van der Waals surface area contributed by atoms with Crippen molar-refractivity contribution >= 4 is 0 Å². The van der Waals surface area contributed by atoms with Crippen LogP contribution >= 0.6 is 0 Å². The van der Waals surface area contributed by atoms with Crippen molar-refractivity contribution in [3.05, 3.63) is 12.3 Å². The van der Waals surface area contributed by atoms with Gasteiger partial charge in [-0.15, -0.1) is 0 Å². The molecule has 0 aromatic rings. The van der Waals surface area contributed by atoms with Crippen molar-refractivity contribution in [3.8, 4) is 0 Å². The van der Waals surface area contributed by atoms with E-state index in [4.69, 9.17) is 9.84 Å². The number of rotatable bonds is 4. The predicted molar refractivity (Wildman–Crippen MR) is 44.1 cm³/mol. The second kappa shape index (κ2) is 2.86. The van der Waals surface area contributed by atoms with Crippen LogP contribution in [0.15, 0.2) is 12.3 Å². The summed E-state index contributed by atoms with van der Waals surface area (Å²) in [6.45, 7) is 7.94. The van der Waals surface area contributed by atoms with Gasteiger partial charge in [-0.1, -0.05) is 6.58 Å². The Labute approximate surface area is 67.9 Å². The number of aliphatic hydroxyl groups is 1. The van der Waals surface area contributed by atoms with Crippen LogP contribution in [0.25, 0.3) is 0 Å². The number of ether oxygens (including phenoxy) is 1. The van der Waals surface area contributed by atoms with Crippen molar-refractivity contribution < 1.29 is 9.84 Å². The molecule has 2 heteroatoms. The molecular formula is C9H16O2. The Kier molecular flexibility index (Phi) is 2.23. The van der Waals surface area contributed by atoms with Crippen molar-refractivity contribution in [3.63, 3.8) is 0 Å². The zero-order chi connectivity index (χ0) is 8.48. The first-order valence-electron chi connectivity index (χ1n) is 4.07. The fourth-order valence-corrected chi connectivity index (χ4v) is 1.09. The second-order valence-electron chi connectivity index (χ2n) is 3.53. The standard InChI is InChI=1S/C9H16O2/c1-7(2)11-8(3)9(6-10)4-5-9/h7,10H,3-6H2,1-2H3. The Morgan fingerprint density at radius 1 is 1.64 bits per heavy atom. The van der Waals surface area contributed by atoms with E-state index in [-0.39, 0.29) is 18.1 Å². The molecule has 64 valence electrons. The Balaban J connectivity index is 2.41. The molecule has 0 aromatic carbocycles. The molecule has 1 aliphatic carbocycles. The molecule has 0 bridgehead atoms.